The van der Waals surface area contributed by atoms with Crippen molar-refractivity contribution in [2.24, 2.45) is 11.8 Å². The van der Waals surface area contributed by atoms with Gasteiger partial charge < -0.3 is 10.2 Å². The van der Waals surface area contributed by atoms with E-state index in [4.69, 9.17) is 0 Å². The molecule has 4 heteroatoms. The third-order valence-corrected chi connectivity index (χ3v) is 4.61. The standard InChI is InChI=1S/C24H32N2O2/c1-18(2)16-25-23(27)22(15-20-11-7-5-8-12-20)26(24(28)19(3)4)17-21-13-9-6-10-14-21/h5-14,18-19,22H,15-17H2,1-4H3,(H,25,27)/t22-/m1/s1. The van der Waals surface area contributed by atoms with E-state index in [9.17, 15) is 9.59 Å². The average molecular weight is 381 g/mol. The highest BCUT2D eigenvalue weighted by Gasteiger charge is 2.31. The lowest BCUT2D eigenvalue weighted by Crippen LogP contribution is -2.52. The molecule has 0 saturated heterocycles. The Morgan fingerprint density at radius 2 is 1.39 bits per heavy atom. The van der Waals surface area contributed by atoms with E-state index in [-0.39, 0.29) is 17.7 Å². The first-order chi connectivity index (χ1) is 13.4. The first-order valence-corrected chi connectivity index (χ1v) is 10.0. The minimum Gasteiger partial charge on any atom is -0.354 e. The summed E-state index contributed by atoms with van der Waals surface area (Å²) in [5.74, 6) is 0.0662. The van der Waals surface area contributed by atoms with Crippen molar-refractivity contribution < 1.29 is 9.59 Å². The normalized spacial score (nSPS) is 12.1. The van der Waals surface area contributed by atoms with E-state index in [1.807, 2.05) is 74.5 Å². The van der Waals surface area contributed by atoms with Crippen LogP contribution in [0.4, 0.5) is 0 Å². The van der Waals surface area contributed by atoms with Crippen molar-refractivity contribution in [3.05, 3.63) is 71.8 Å². The van der Waals surface area contributed by atoms with Gasteiger partial charge in [-0.2, -0.15) is 0 Å². The van der Waals surface area contributed by atoms with Crippen molar-refractivity contribution in [3.63, 3.8) is 0 Å². The van der Waals surface area contributed by atoms with Gasteiger partial charge in [0.05, 0.1) is 0 Å². The molecule has 0 aromatic heterocycles. The Morgan fingerprint density at radius 1 is 0.857 bits per heavy atom. The highest BCUT2D eigenvalue weighted by molar-refractivity contribution is 5.88. The molecule has 2 rings (SSSR count). The zero-order valence-corrected chi connectivity index (χ0v) is 17.4. The lowest BCUT2D eigenvalue weighted by molar-refractivity contribution is -0.143. The molecule has 28 heavy (non-hydrogen) atoms. The average Bonchev–Trinajstić information content (AvgIpc) is 2.69. The Hall–Kier alpha value is -2.62. The van der Waals surface area contributed by atoms with Gasteiger partial charge in [0.15, 0.2) is 0 Å². The molecule has 0 heterocycles. The lowest BCUT2D eigenvalue weighted by atomic mass is 10.0. The number of carbonyl (C=O) groups is 2. The monoisotopic (exact) mass is 380 g/mol. The maximum absolute atomic E-state index is 13.1. The van der Waals surface area contributed by atoms with Gasteiger partial charge in [0.2, 0.25) is 11.8 Å². The summed E-state index contributed by atoms with van der Waals surface area (Å²) in [4.78, 5) is 27.9. The third-order valence-electron chi connectivity index (χ3n) is 4.61. The summed E-state index contributed by atoms with van der Waals surface area (Å²) >= 11 is 0. The molecular weight excluding hydrogens is 348 g/mol. The first-order valence-electron chi connectivity index (χ1n) is 10.0. The molecule has 0 fully saturated rings. The second-order valence-electron chi connectivity index (χ2n) is 7.95. The van der Waals surface area contributed by atoms with Gasteiger partial charge in [-0.3, -0.25) is 9.59 Å². The molecule has 2 aromatic rings. The molecule has 0 unspecified atom stereocenters. The lowest BCUT2D eigenvalue weighted by Gasteiger charge is -2.33. The molecule has 0 spiro atoms. The quantitative estimate of drug-likeness (QED) is 0.713. The number of benzene rings is 2. The Morgan fingerprint density at radius 3 is 1.89 bits per heavy atom. The van der Waals surface area contributed by atoms with Crippen LogP contribution in [-0.4, -0.2) is 29.3 Å². The molecule has 150 valence electrons. The molecule has 0 saturated carbocycles. The van der Waals surface area contributed by atoms with Gasteiger partial charge in [-0.15, -0.1) is 0 Å². The highest BCUT2D eigenvalue weighted by Crippen LogP contribution is 2.17. The second-order valence-corrected chi connectivity index (χ2v) is 7.95. The summed E-state index contributed by atoms with van der Waals surface area (Å²) in [5, 5.41) is 3.03. The third kappa shape index (κ3) is 6.52. The number of carbonyl (C=O) groups excluding carboxylic acids is 2. The summed E-state index contributed by atoms with van der Waals surface area (Å²) in [5.41, 5.74) is 2.06. The number of hydrogen-bond donors (Lipinski definition) is 1. The van der Waals surface area contributed by atoms with Crippen molar-refractivity contribution in [2.75, 3.05) is 6.54 Å². The Labute approximate surface area is 169 Å². The molecular formula is C24H32N2O2. The van der Waals surface area contributed by atoms with Gasteiger partial charge in [-0.1, -0.05) is 88.4 Å². The van der Waals surface area contributed by atoms with Crippen LogP contribution < -0.4 is 5.32 Å². The van der Waals surface area contributed by atoms with Crippen molar-refractivity contribution in [2.45, 2.75) is 46.7 Å². The molecule has 1 atom stereocenters. The van der Waals surface area contributed by atoms with Gasteiger partial charge >= 0.3 is 0 Å². The van der Waals surface area contributed by atoms with E-state index in [1.54, 1.807) is 4.90 Å². The van der Waals surface area contributed by atoms with Gasteiger partial charge in [0, 0.05) is 25.4 Å². The summed E-state index contributed by atoms with van der Waals surface area (Å²) in [6.07, 6.45) is 0.496. The molecule has 1 N–H and O–H groups in total. The van der Waals surface area contributed by atoms with E-state index in [0.717, 1.165) is 11.1 Å². The van der Waals surface area contributed by atoms with Crippen molar-refractivity contribution in [1.82, 2.24) is 10.2 Å². The highest BCUT2D eigenvalue weighted by atomic mass is 16.2. The van der Waals surface area contributed by atoms with Crippen LogP contribution in [0.1, 0.15) is 38.8 Å². The van der Waals surface area contributed by atoms with E-state index in [1.165, 1.54) is 0 Å². The predicted molar refractivity (Wildman–Crippen MR) is 114 cm³/mol. The zero-order valence-electron chi connectivity index (χ0n) is 17.4. The molecule has 2 amide bonds. The van der Waals surface area contributed by atoms with E-state index >= 15 is 0 Å². The predicted octanol–water partition coefficient (Wildman–Crippen LogP) is 4.05. The molecule has 4 nitrogen and oxygen atoms in total. The largest absolute Gasteiger partial charge is 0.354 e. The van der Waals surface area contributed by atoms with E-state index in [0.29, 0.717) is 25.4 Å². The van der Waals surface area contributed by atoms with Crippen LogP contribution in [0.5, 0.6) is 0 Å². The number of amides is 2. The van der Waals surface area contributed by atoms with Crippen LogP contribution in [0, 0.1) is 11.8 Å². The Kier molecular flexibility index (Phi) is 8.24. The van der Waals surface area contributed by atoms with Crippen LogP contribution >= 0.6 is 0 Å². The topological polar surface area (TPSA) is 49.4 Å². The Balaban J connectivity index is 2.34. The number of nitrogens with zero attached hydrogens (tertiary/aromatic N) is 1. The van der Waals surface area contributed by atoms with Gasteiger partial charge in [0.25, 0.3) is 0 Å². The second kappa shape index (κ2) is 10.6. The molecule has 0 aliphatic carbocycles. The SMILES string of the molecule is CC(C)CNC(=O)[C@@H](Cc1ccccc1)N(Cc1ccccc1)C(=O)C(C)C. The summed E-state index contributed by atoms with van der Waals surface area (Å²) in [6.45, 7) is 8.91. The van der Waals surface area contributed by atoms with Gasteiger partial charge in [-0.25, -0.2) is 0 Å². The molecule has 0 bridgehead atoms. The van der Waals surface area contributed by atoms with E-state index in [2.05, 4.69) is 19.2 Å². The van der Waals surface area contributed by atoms with Crippen LogP contribution in [0.15, 0.2) is 60.7 Å². The minimum atomic E-state index is -0.545. The molecule has 0 aliphatic rings. The van der Waals surface area contributed by atoms with Crippen LogP contribution in [0.25, 0.3) is 0 Å². The van der Waals surface area contributed by atoms with Gasteiger partial charge in [0.1, 0.15) is 6.04 Å². The summed E-state index contributed by atoms with van der Waals surface area (Å²) < 4.78 is 0. The van der Waals surface area contributed by atoms with Crippen LogP contribution in [0.3, 0.4) is 0 Å². The minimum absolute atomic E-state index is 0.00974. The fourth-order valence-corrected chi connectivity index (χ4v) is 3.06. The Bertz CT molecular complexity index is 742. The first kappa shape index (κ1) is 21.7. The van der Waals surface area contributed by atoms with Crippen molar-refractivity contribution >= 4 is 11.8 Å². The fraction of sp³-hybridized carbons (Fsp3) is 0.417. The fourth-order valence-electron chi connectivity index (χ4n) is 3.06. The maximum atomic E-state index is 13.1. The molecule has 0 radical (unpaired) electrons. The zero-order chi connectivity index (χ0) is 20.5. The number of nitrogens with one attached hydrogen (secondary N) is 1. The van der Waals surface area contributed by atoms with Crippen molar-refractivity contribution in [1.29, 1.82) is 0 Å². The molecule has 2 aromatic carbocycles. The van der Waals surface area contributed by atoms with Crippen LogP contribution in [-0.2, 0) is 22.6 Å². The summed E-state index contributed by atoms with van der Waals surface area (Å²) in [6, 6.07) is 19.2. The molecule has 0 aliphatic heterocycles. The smallest absolute Gasteiger partial charge is 0.243 e. The maximum Gasteiger partial charge on any atom is 0.243 e. The van der Waals surface area contributed by atoms with E-state index < -0.39 is 6.04 Å². The van der Waals surface area contributed by atoms with Crippen molar-refractivity contribution in [3.8, 4) is 0 Å². The van der Waals surface area contributed by atoms with Gasteiger partial charge in [-0.05, 0) is 17.0 Å². The van der Waals surface area contributed by atoms with Crippen LogP contribution in [0.2, 0.25) is 0 Å². The number of hydrogen-bond acceptors (Lipinski definition) is 2. The number of rotatable bonds is 9. The summed E-state index contributed by atoms with van der Waals surface area (Å²) in [7, 11) is 0.